The van der Waals surface area contributed by atoms with Crippen molar-refractivity contribution in [1.82, 2.24) is 0 Å². The number of nitrogens with zero attached hydrogens (tertiary/aromatic N) is 1. The molecule has 0 saturated heterocycles. The number of benzene rings is 1. The minimum Gasteiger partial charge on any atom is -0.378 e. The Kier molecular flexibility index (Phi) is 1.39. The van der Waals surface area contributed by atoms with E-state index in [-0.39, 0.29) is 0 Å². The van der Waals surface area contributed by atoms with Crippen LogP contribution in [0.25, 0.3) is 0 Å². The zero-order valence-corrected chi connectivity index (χ0v) is 6.46. The van der Waals surface area contributed by atoms with Crippen LogP contribution in [0.2, 0.25) is 0 Å². The first-order valence-corrected chi connectivity index (χ1v) is 3.73. The third-order valence-electron chi connectivity index (χ3n) is 1.77. The minimum atomic E-state index is 0.843. The van der Waals surface area contributed by atoms with E-state index in [1.807, 2.05) is 6.21 Å². The quantitative estimate of drug-likeness (QED) is 0.595. The summed E-state index contributed by atoms with van der Waals surface area (Å²) in [6, 6.07) is 6.24. The van der Waals surface area contributed by atoms with Gasteiger partial charge in [-0.15, -0.1) is 0 Å². The summed E-state index contributed by atoms with van der Waals surface area (Å²) in [6.07, 6.45) is 1.89. The van der Waals surface area contributed by atoms with Crippen LogP contribution in [0.3, 0.4) is 0 Å². The second kappa shape index (κ2) is 2.38. The van der Waals surface area contributed by atoms with Gasteiger partial charge in [0.1, 0.15) is 0 Å². The molecule has 56 valence electrons. The molecule has 1 N–H and O–H groups in total. The molecule has 1 aromatic rings. The Balaban J connectivity index is 2.54. The van der Waals surface area contributed by atoms with Crippen LogP contribution in [0.1, 0.15) is 5.56 Å². The Morgan fingerprint density at radius 2 is 2.36 bits per heavy atom. The first kappa shape index (κ1) is 6.40. The molecule has 1 aliphatic heterocycles. The number of nitrogens with one attached hydrogen (secondary N) is 1. The molecule has 11 heavy (non-hydrogen) atoms. The number of anilines is 1. The minimum absolute atomic E-state index is 0.843. The van der Waals surface area contributed by atoms with Crippen LogP contribution in [0, 0.1) is 6.92 Å². The zero-order valence-electron chi connectivity index (χ0n) is 6.46. The summed E-state index contributed by atoms with van der Waals surface area (Å²) in [7, 11) is 0. The first-order valence-electron chi connectivity index (χ1n) is 3.73. The number of aliphatic imine (C=N–C) groups is 1. The van der Waals surface area contributed by atoms with Crippen molar-refractivity contribution in [2.24, 2.45) is 4.99 Å². The van der Waals surface area contributed by atoms with E-state index in [9.17, 15) is 0 Å². The average molecular weight is 146 g/mol. The van der Waals surface area contributed by atoms with Gasteiger partial charge in [0.25, 0.3) is 0 Å². The maximum atomic E-state index is 4.27. The molecule has 0 atom stereocenters. The molecule has 0 amide bonds. The Labute approximate surface area is 66.0 Å². The molecule has 1 heterocycles. The van der Waals surface area contributed by atoms with Crippen LogP contribution in [0.5, 0.6) is 0 Å². The first-order chi connectivity index (χ1) is 5.36. The lowest BCUT2D eigenvalue weighted by atomic mass is 10.2. The molecule has 2 rings (SSSR count). The van der Waals surface area contributed by atoms with E-state index >= 15 is 0 Å². The Bertz CT molecular complexity index is 302. The molecule has 0 radical (unpaired) electrons. The summed E-state index contributed by atoms with van der Waals surface area (Å²) >= 11 is 0. The van der Waals surface area contributed by atoms with E-state index in [0.29, 0.717) is 0 Å². The van der Waals surface area contributed by atoms with Gasteiger partial charge in [-0.2, -0.15) is 0 Å². The third kappa shape index (κ3) is 1.11. The van der Waals surface area contributed by atoms with Crippen LogP contribution in [-0.2, 0) is 0 Å². The van der Waals surface area contributed by atoms with Crippen molar-refractivity contribution in [3.63, 3.8) is 0 Å². The molecular formula is C9H10N2. The summed E-state index contributed by atoms with van der Waals surface area (Å²) in [5.41, 5.74) is 3.44. The Morgan fingerprint density at radius 1 is 1.45 bits per heavy atom. The molecule has 1 aromatic carbocycles. The lowest BCUT2D eigenvalue weighted by Gasteiger charge is -2.11. The maximum Gasteiger partial charge on any atom is 0.0860 e. The lowest BCUT2D eigenvalue weighted by molar-refractivity contribution is 1.31. The highest BCUT2D eigenvalue weighted by Gasteiger charge is 2.02. The summed E-state index contributed by atoms with van der Waals surface area (Å²) in [4.78, 5) is 4.27. The monoisotopic (exact) mass is 146 g/mol. The highest BCUT2D eigenvalue weighted by molar-refractivity contribution is 5.80. The topological polar surface area (TPSA) is 24.4 Å². The predicted octanol–water partition coefficient (Wildman–Crippen LogP) is 2.12. The fraction of sp³-hybridized carbons (Fsp3) is 0.222. The van der Waals surface area contributed by atoms with Crippen LogP contribution >= 0.6 is 0 Å². The van der Waals surface area contributed by atoms with Gasteiger partial charge in [-0.05, 0) is 24.6 Å². The molecule has 2 nitrogen and oxygen atoms in total. The van der Waals surface area contributed by atoms with E-state index in [4.69, 9.17) is 0 Å². The third-order valence-corrected chi connectivity index (χ3v) is 1.77. The average Bonchev–Trinajstić information content (AvgIpc) is 2.04. The standard InChI is InChI=1S/C9H10N2/c1-7-2-3-8-9(6-7)11-5-4-10-8/h2-3,5-6,10H,4H2,1H3. The zero-order chi connectivity index (χ0) is 7.68. The smallest absolute Gasteiger partial charge is 0.0860 e. The Hall–Kier alpha value is -1.31. The van der Waals surface area contributed by atoms with Crippen molar-refractivity contribution in [1.29, 1.82) is 0 Å². The summed E-state index contributed by atoms with van der Waals surface area (Å²) in [5.74, 6) is 0. The van der Waals surface area contributed by atoms with Crippen LogP contribution < -0.4 is 5.32 Å². The SMILES string of the molecule is Cc1ccc2c(c1)N=CCN2. The van der Waals surface area contributed by atoms with Gasteiger partial charge >= 0.3 is 0 Å². The van der Waals surface area contributed by atoms with Crippen molar-refractivity contribution >= 4 is 17.6 Å². The van der Waals surface area contributed by atoms with Gasteiger partial charge in [0.15, 0.2) is 0 Å². The predicted molar refractivity (Wildman–Crippen MR) is 47.8 cm³/mol. The molecular weight excluding hydrogens is 136 g/mol. The molecule has 0 fully saturated rings. The summed E-state index contributed by atoms with van der Waals surface area (Å²) < 4.78 is 0. The van der Waals surface area contributed by atoms with Crippen LogP contribution in [0.15, 0.2) is 23.2 Å². The van der Waals surface area contributed by atoms with Gasteiger partial charge in [-0.1, -0.05) is 6.07 Å². The maximum absolute atomic E-state index is 4.27. The van der Waals surface area contributed by atoms with Crippen molar-refractivity contribution in [3.8, 4) is 0 Å². The van der Waals surface area contributed by atoms with E-state index in [0.717, 1.165) is 17.9 Å². The molecule has 0 spiro atoms. The van der Waals surface area contributed by atoms with Crippen molar-refractivity contribution in [2.45, 2.75) is 6.92 Å². The molecule has 0 saturated carbocycles. The van der Waals surface area contributed by atoms with Gasteiger partial charge in [0, 0.05) is 6.21 Å². The molecule has 0 unspecified atom stereocenters. The van der Waals surface area contributed by atoms with Gasteiger partial charge in [-0.3, -0.25) is 4.99 Å². The van der Waals surface area contributed by atoms with Gasteiger partial charge in [-0.25, -0.2) is 0 Å². The number of hydrogen-bond donors (Lipinski definition) is 1. The highest BCUT2D eigenvalue weighted by atomic mass is 14.9. The second-order valence-electron chi connectivity index (χ2n) is 2.71. The van der Waals surface area contributed by atoms with Crippen molar-refractivity contribution < 1.29 is 0 Å². The molecule has 2 heteroatoms. The van der Waals surface area contributed by atoms with Crippen LogP contribution in [-0.4, -0.2) is 12.8 Å². The van der Waals surface area contributed by atoms with Crippen molar-refractivity contribution in [3.05, 3.63) is 23.8 Å². The van der Waals surface area contributed by atoms with Gasteiger partial charge in [0.05, 0.1) is 17.9 Å². The summed E-state index contributed by atoms with van der Waals surface area (Å²) in [5, 5.41) is 3.24. The molecule has 1 aliphatic rings. The van der Waals surface area contributed by atoms with Gasteiger partial charge < -0.3 is 5.32 Å². The summed E-state index contributed by atoms with van der Waals surface area (Å²) in [6.45, 7) is 2.92. The van der Waals surface area contributed by atoms with E-state index < -0.39 is 0 Å². The number of fused-ring (bicyclic) bond motifs is 1. The molecule has 0 aromatic heterocycles. The van der Waals surface area contributed by atoms with Gasteiger partial charge in [0.2, 0.25) is 0 Å². The number of hydrogen-bond acceptors (Lipinski definition) is 2. The lowest BCUT2D eigenvalue weighted by Crippen LogP contribution is -2.06. The number of aryl methyl sites for hydroxylation is 1. The Morgan fingerprint density at radius 3 is 3.27 bits per heavy atom. The van der Waals surface area contributed by atoms with E-state index in [2.05, 4.69) is 35.4 Å². The highest BCUT2D eigenvalue weighted by Crippen LogP contribution is 2.27. The largest absolute Gasteiger partial charge is 0.378 e. The van der Waals surface area contributed by atoms with E-state index in [1.54, 1.807) is 0 Å². The fourth-order valence-corrected chi connectivity index (χ4v) is 1.20. The molecule has 0 aliphatic carbocycles. The number of rotatable bonds is 0. The van der Waals surface area contributed by atoms with Crippen molar-refractivity contribution in [2.75, 3.05) is 11.9 Å². The van der Waals surface area contributed by atoms with Crippen LogP contribution in [0.4, 0.5) is 11.4 Å². The normalized spacial score (nSPS) is 13.9. The molecule has 0 bridgehead atoms. The van der Waals surface area contributed by atoms with E-state index in [1.165, 1.54) is 5.56 Å². The fourth-order valence-electron chi connectivity index (χ4n) is 1.20. The second-order valence-corrected chi connectivity index (χ2v) is 2.71.